The van der Waals surface area contributed by atoms with Crippen molar-refractivity contribution in [2.24, 2.45) is 5.41 Å². The normalized spacial score (nSPS) is 24.2. The summed E-state index contributed by atoms with van der Waals surface area (Å²) in [5.74, 6) is -1.20. The van der Waals surface area contributed by atoms with Gasteiger partial charge < -0.3 is 5.11 Å². The summed E-state index contributed by atoms with van der Waals surface area (Å²) >= 11 is 0. The maximum atomic E-state index is 12.5. The molecule has 0 heterocycles. The minimum atomic E-state index is -4.35. The Morgan fingerprint density at radius 3 is 2.47 bits per heavy atom. The summed E-state index contributed by atoms with van der Waals surface area (Å²) in [5, 5.41) is 8.78. The van der Waals surface area contributed by atoms with Crippen LogP contribution in [0.4, 0.5) is 13.2 Å². The number of alkyl halides is 3. The lowest BCUT2D eigenvalue weighted by Crippen LogP contribution is -2.44. The molecule has 1 atom stereocenters. The predicted molar refractivity (Wildman–Crippen MR) is 65.9 cm³/mol. The fourth-order valence-electron chi connectivity index (χ4n) is 2.73. The Hall–Kier alpha value is -0.780. The van der Waals surface area contributed by atoms with Crippen molar-refractivity contribution in [1.82, 2.24) is 4.90 Å². The van der Waals surface area contributed by atoms with Gasteiger partial charge in [-0.3, -0.25) is 9.69 Å². The number of hydrogen-bond donors (Lipinski definition) is 1. The third-order valence-electron chi connectivity index (χ3n) is 3.78. The number of hydrogen-bond acceptors (Lipinski definition) is 2. The number of rotatable bonds is 4. The van der Waals surface area contributed by atoms with E-state index in [0.717, 1.165) is 24.2 Å². The molecule has 1 N–H and O–H groups in total. The monoisotopic (exact) mass is 281 g/mol. The van der Waals surface area contributed by atoms with Crippen LogP contribution in [-0.4, -0.2) is 41.3 Å². The van der Waals surface area contributed by atoms with Gasteiger partial charge in [-0.15, -0.1) is 0 Å². The van der Waals surface area contributed by atoms with Gasteiger partial charge in [0, 0.05) is 6.04 Å². The van der Waals surface area contributed by atoms with E-state index in [2.05, 4.69) is 13.8 Å². The summed E-state index contributed by atoms with van der Waals surface area (Å²) < 4.78 is 37.6. The number of nitrogens with zero attached hydrogens (tertiary/aromatic N) is 1. The van der Waals surface area contributed by atoms with Crippen LogP contribution < -0.4 is 0 Å². The smallest absolute Gasteiger partial charge is 0.401 e. The molecule has 0 saturated heterocycles. The third-order valence-corrected chi connectivity index (χ3v) is 3.78. The first-order valence-electron chi connectivity index (χ1n) is 6.62. The Morgan fingerprint density at radius 2 is 1.95 bits per heavy atom. The summed E-state index contributed by atoms with van der Waals surface area (Å²) in [7, 11) is 0. The Bertz CT molecular complexity index is 316. The van der Waals surface area contributed by atoms with E-state index < -0.39 is 25.2 Å². The number of carboxylic acids is 1. The average Bonchev–Trinajstić information content (AvgIpc) is 2.35. The zero-order valence-electron chi connectivity index (χ0n) is 11.5. The summed E-state index contributed by atoms with van der Waals surface area (Å²) in [4.78, 5) is 11.8. The molecule has 0 radical (unpaired) electrons. The fraction of sp³-hybridized carbons (Fsp3) is 0.923. The number of aliphatic carboxylic acids is 1. The molecule has 6 heteroatoms. The average molecular weight is 281 g/mol. The highest BCUT2D eigenvalue weighted by molar-refractivity contribution is 5.69. The molecule has 0 amide bonds. The number of halogens is 3. The van der Waals surface area contributed by atoms with Gasteiger partial charge in [-0.1, -0.05) is 20.3 Å². The van der Waals surface area contributed by atoms with Gasteiger partial charge in [-0.25, -0.2) is 0 Å². The standard InChI is InChI=1S/C13H22F3NO2/c1-12(2)6-3-4-10(5-7-12)17(8-11(18)19)9-13(14,15)16/h10H,3-9H2,1-2H3,(H,18,19). The molecule has 1 saturated carbocycles. The quantitative estimate of drug-likeness (QED) is 0.804. The highest BCUT2D eigenvalue weighted by Gasteiger charge is 2.36. The lowest BCUT2D eigenvalue weighted by Gasteiger charge is -2.30. The van der Waals surface area contributed by atoms with Crippen LogP contribution >= 0.6 is 0 Å². The molecule has 1 fully saturated rings. The van der Waals surface area contributed by atoms with E-state index in [4.69, 9.17) is 5.11 Å². The van der Waals surface area contributed by atoms with E-state index in [0.29, 0.717) is 12.8 Å². The van der Waals surface area contributed by atoms with Crippen molar-refractivity contribution in [2.75, 3.05) is 13.1 Å². The Kier molecular flexibility index (Phi) is 5.24. The van der Waals surface area contributed by atoms with E-state index in [1.165, 1.54) is 0 Å². The molecular formula is C13H22F3NO2. The Labute approximate surface area is 111 Å². The molecule has 0 aromatic carbocycles. The van der Waals surface area contributed by atoms with Gasteiger partial charge in [0.15, 0.2) is 0 Å². The maximum Gasteiger partial charge on any atom is 0.401 e. The van der Waals surface area contributed by atoms with Crippen LogP contribution in [0.25, 0.3) is 0 Å². The van der Waals surface area contributed by atoms with Crippen molar-refractivity contribution in [3.8, 4) is 0 Å². The van der Waals surface area contributed by atoms with Crippen molar-refractivity contribution in [2.45, 2.75) is 58.2 Å². The molecule has 0 bridgehead atoms. The molecule has 0 spiro atoms. The Morgan fingerprint density at radius 1 is 1.32 bits per heavy atom. The molecule has 1 aliphatic rings. The van der Waals surface area contributed by atoms with Crippen molar-refractivity contribution < 1.29 is 23.1 Å². The van der Waals surface area contributed by atoms with Crippen LogP contribution in [0.2, 0.25) is 0 Å². The van der Waals surface area contributed by atoms with Crippen molar-refractivity contribution in [1.29, 1.82) is 0 Å². The predicted octanol–water partition coefficient (Wildman–Crippen LogP) is 3.29. The van der Waals surface area contributed by atoms with Gasteiger partial charge in [-0.05, 0) is 31.1 Å². The van der Waals surface area contributed by atoms with Gasteiger partial charge in [0.25, 0.3) is 0 Å². The summed E-state index contributed by atoms with van der Waals surface area (Å²) in [5.41, 5.74) is 0.141. The van der Waals surface area contributed by atoms with E-state index in [-0.39, 0.29) is 11.5 Å². The van der Waals surface area contributed by atoms with Crippen LogP contribution in [0, 0.1) is 5.41 Å². The SMILES string of the molecule is CC1(C)CCCC(N(CC(=O)O)CC(F)(F)F)CC1. The first kappa shape index (κ1) is 16.3. The second kappa shape index (κ2) is 6.11. The second-order valence-corrected chi connectivity index (χ2v) is 6.16. The zero-order valence-corrected chi connectivity index (χ0v) is 11.5. The van der Waals surface area contributed by atoms with E-state index in [1.54, 1.807) is 0 Å². The largest absolute Gasteiger partial charge is 0.480 e. The lowest BCUT2D eigenvalue weighted by atomic mass is 9.85. The lowest BCUT2D eigenvalue weighted by molar-refractivity contribution is -0.158. The van der Waals surface area contributed by atoms with Crippen molar-refractivity contribution in [3.05, 3.63) is 0 Å². The van der Waals surface area contributed by atoms with Crippen LogP contribution in [-0.2, 0) is 4.79 Å². The molecule has 3 nitrogen and oxygen atoms in total. The van der Waals surface area contributed by atoms with Gasteiger partial charge in [0.1, 0.15) is 0 Å². The highest BCUT2D eigenvalue weighted by Crippen LogP contribution is 2.35. The summed E-state index contributed by atoms with van der Waals surface area (Å²) in [6, 6.07) is -0.278. The minimum Gasteiger partial charge on any atom is -0.480 e. The zero-order chi connectivity index (χ0) is 14.7. The molecule has 0 aromatic heterocycles. The highest BCUT2D eigenvalue weighted by atomic mass is 19.4. The number of carboxylic acid groups (broad SMARTS) is 1. The van der Waals surface area contributed by atoms with Crippen LogP contribution in [0.5, 0.6) is 0 Å². The molecule has 1 aliphatic carbocycles. The molecule has 0 aromatic rings. The van der Waals surface area contributed by atoms with Crippen LogP contribution in [0.1, 0.15) is 46.0 Å². The van der Waals surface area contributed by atoms with E-state index in [1.807, 2.05) is 0 Å². The van der Waals surface area contributed by atoms with E-state index in [9.17, 15) is 18.0 Å². The maximum absolute atomic E-state index is 12.5. The second-order valence-electron chi connectivity index (χ2n) is 6.16. The molecule has 0 aliphatic heterocycles. The third kappa shape index (κ3) is 6.27. The minimum absolute atomic E-state index is 0.141. The molecular weight excluding hydrogens is 259 g/mol. The molecule has 19 heavy (non-hydrogen) atoms. The summed E-state index contributed by atoms with van der Waals surface area (Å²) in [6.45, 7) is 2.55. The topological polar surface area (TPSA) is 40.5 Å². The van der Waals surface area contributed by atoms with E-state index >= 15 is 0 Å². The Balaban J connectivity index is 2.71. The number of carbonyl (C=O) groups is 1. The summed E-state index contributed by atoms with van der Waals surface area (Å²) in [6.07, 6.45) is -0.395. The molecule has 1 rings (SSSR count). The molecule has 1 unspecified atom stereocenters. The van der Waals surface area contributed by atoms with Gasteiger partial charge >= 0.3 is 12.1 Å². The van der Waals surface area contributed by atoms with Crippen LogP contribution in [0.15, 0.2) is 0 Å². The first-order valence-corrected chi connectivity index (χ1v) is 6.62. The van der Waals surface area contributed by atoms with Gasteiger partial charge in [-0.2, -0.15) is 13.2 Å². The van der Waals surface area contributed by atoms with Crippen LogP contribution in [0.3, 0.4) is 0 Å². The van der Waals surface area contributed by atoms with Gasteiger partial charge in [0.2, 0.25) is 0 Å². The van der Waals surface area contributed by atoms with Gasteiger partial charge in [0.05, 0.1) is 13.1 Å². The fourth-order valence-corrected chi connectivity index (χ4v) is 2.73. The first-order chi connectivity index (χ1) is 8.59. The van der Waals surface area contributed by atoms with Crippen molar-refractivity contribution >= 4 is 5.97 Å². The molecule has 112 valence electrons. The van der Waals surface area contributed by atoms with Crippen molar-refractivity contribution in [3.63, 3.8) is 0 Å².